The summed E-state index contributed by atoms with van der Waals surface area (Å²) in [5, 5.41) is 19.6. The number of aliphatic carboxylic acids is 1. The lowest BCUT2D eigenvalue weighted by atomic mass is 10.0. The molecule has 0 spiro atoms. The van der Waals surface area contributed by atoms with E-state index in [1.807, 2.05) is 4.84 Å². The molecule has 0 radical (unpaired) electrons. The van der Waals surface area contributed by atoms with Gasteiger partial charge in [0.05, 0.1) is 6.04 Å². The Morgan fingerprint density at radius 3 is 2.32 bits per heavy atom. The van der Waals surface area contributed by atoms with Gasteiger partial charge in [-0.05, 0) is 25.1 Å². The molecule has 0 aliphatic rings. The molecular weight excluding hydrogens is 286 g/mol. The maximum absolute atomic E-state index is 13.6. The molecule has 0 aliphatic carbocycles. The highest BCUT2D eigenvalue weighted by Gasteiger charge is 2.50. The number of aliphatic hydroxyl groups is 1. The van der Waals surface area contributed by atoms with Crippen LogP contribution >= 0.6 is 11.8 Å². The van der Waals surface area contributed by atoms with Crippen LogP contribution in [0.1, 0.15) is 26.7 Å². The molecule has 3 atom stereocenters. The number of hydrogen-bond acceptors (Lipinski definition) is 4. The Hall–Kier alpha value is -0.990. The van der Waals surface area contributed by atoms with Gasteiger partial charge in [0.2, 0.25) is 0 Å². The predicted octanol–water partition coefficient (Wildman–Crippen LogP) is 0.484. The first-order valence-electron chi connectivity index (χ1n) is 5.64. The normalized spacial score (nSPS) is 16.5. The van der Waals surface area contributed by atoms with Gasteiger partial charge in [-0.15, -0.1) is 0 Å². The average molecular weight is 303 g/mol. The van der Waals surface area contributed by atoms with Gasteiger partial charge in [0.1, 0.15) is 12.1 Å². The number of rotatable bonds is 8. The molecule has 0 saturated carbocycles. The van der Waals surface area contributed by atoms with E-state index in [0.29, 0.717) is 6.42 Å². The Morgan fingerprint density at radius 2 is 1.95 bits per heavy atom. The van der Waals surface area contributed by atoms with Gasteiger partial charge >= 0.3 is 11.9 Å². The minimum Gasteiger partial charge on any atom is -0.480 e. The number of carbonyl (C=O) groups is 2. The lowest BCUT2D eigenvalue weighted by Crippen LogP contribution is -2.57. The third-order valence-electron chi connectivity index (χ3n) is 2.51. The van der Waals surface area contributed by atoms with Gasteiger partial charge < -0.3 is 15.5 Å². The molecule has 0 aliphatic heterocycles. The van der Waals surface area contributed by atoms with Crippen molar-refractivity contribution in [2.24, 2.45) is 0 Å². The molecule has 9 heteroatoms. The third kappa shape index (κ3) is 4.88. The molecule has 0 aromatic heterocycles. The quantitative estimate of drug-likeness (QED) is 0.489. The van der Waals surface area contributed by atoms with E-state index in [2.05, 4.69) is 0 Å². The Labute approximate surface area is 114 Å². The molecule has 0 aromatic carbocycles. The summed E-state index contributed by atoms with van der Waals surface area (Å²) in [5.41, 5.74) is 0. The number of amides is 1. The second kappa shape index (κ2) is 7.56. The molecule has 6 nitrogen and oxygen atoms in total. The van der Waals surface area contributed by atoms with Crippen LogP contribution < -0.4 is 10.2 Å². The molecule has 0 fully saturated rings. The van der Waals surface area contributed by atoms with Gasteiger partial charge in [-0.3, -0.25) is 9.59 Å². The summed E-state index contributed by atoms with van der Waals surface area (Å²) in [7, 11) is 0. The molecule has 1 amide bonds. The molecule has 0 rings (SSSR count). The van der Waals surface area contributed by atoms with E-state index in [1.54, 1.807) is 12.2 Å². The van der Waals surface area contributed by atoms with E-state index >= 15 is 0 Å². The van der Waals surface area contributed by atoms with Crippen molar-refractivity contribution < 1.29 is 28.6 Å². The smallest absolute Gasteiger partial charge is 0.351 e. The Morgan fingerprint density at radius 1 is 1.42 bits per heavy atom. The van der Waals surface area contributed by atoms with Crippen LogP contribution in [0.15, 0.2) is 0 Å². The summed E-state index contributed by atoms with van der Waals surface area (Å²) in [6, 6.07) is -2.67. The van der Waals surface area contributed by atoms with Gasteiger partial charge in [-0.25, -0.2) is 4.84 Å². The first-order chi connectivity index (χ1) is 8.68. The lowest BCUT2D eigenvalue weighted by molar-refractivity contribution is -0.168. The fourth-order valence-electron chi connectivity index (χ4n) is 1.32. The van der Waals surface area contributed by atoms with Crippen LogP contribution in [0.2, 0.25) is 0 Å². The van der Waals surface area contributed by atoms with Crippen LogP contribution in [0.3, 0.4) is 0 Å². The Balaban J connectivity index is 4.82. The van der Waals surface area contributed by atoms with E-state index in [1.165, 1.54) is 0 Å². The number of halogens is 3. The zero-order chi connectivity index (χ0) is 15.2. The fourth-order valence-corrected chi connectivity index (χ4v) is 1.55. The third-order valence-corrected chi connectivity index (χ3v) is 2.79. The molecular formula is C10H17ClF2N2O4. The monoisotopic (exact) mass is 302 g/mol. The zero-order valence-corrected chi connectivity index (χ0v) is 11.2. The van der Waals surface area contributed by atoms with Crippen LogP contribution in [-0.2, 0) is 9.59 Å². The highest BCUT2D eigenvalue weighted by Crippen LogP contribution is 2.24. The maximum atomic E-state index is 13.6. The van der Waals surface area contributed by atoms with Gasteiger partial charge in [-0.1, -0.05) is 13.3 Å². The van der Waals surface area contributed by atoms with Crippen molar-refractivity contribution in [2.45, 2.75) is 50.8 Å². The van der Waals surface area contributed by atoms with Crippen molar-refractivity contribution >= 4 is 23.7 Å². The van der Waals surface area contributed by atoms with Crippen LogP contribution in [-0.4, -0.2) is 46.2 Å². The van der Waals surface area contributed by atoms with Crippen molar-refractivity contribution in [3.63, 3.8) is 0 Å². The van der Waals surface area contributed by atoms with Crippen LogP contribution in [0.4, 0.5) is 8.78 Å². The molecule has 0 aromatic rings. The topological polar surface area (TPSA) is 98.7 Å². The predicted molar refractivity (Wildman–Crippen MR) is 63.9 cm³/mol. The molecule has 19 heavy (non-hydrogen) atoms. The number of alkyl halides is 2. The van der Waals surface area contributed by atoms with E-state index in [9.17, 15) is 23.5 Å². The minimum atomic E-state index is -4.15. The van der Waals surface area contributed by atoms with Gasteiger partial charge in [0.25, 0.3) is 5.91 Å². The molecule has 0 heterocycles. The van der Waals surface area contributed by atoms with E-state index in [0.717, 1.165) is 6.92 Å². The number of carboxylic acid groups (broad SMARTS) is 1. The van der Waals surface area contributed by atoms with Crippen molar-refractivity contribution in [3.05, 3.63) is 0 Å². The molecule has 0 bridgehead atoms. The molecule has 112 valence electrons. The summed E-state index contributed by atoms with van der Waals surface area (Å²) in [6.45, 7) is 2.73. The average Bonchev–Trinajstić information content (AvgIpc) is 2.34. The van der Waals surface area contributed by atoms with Gasteiger partial charge in [0, 0.05) is 0 Å². The summed E-state index contributed by atoms with van der Waals surface area (Å²) >= 11 is 5.24. The van der Waals surface area contributed by atoms with Crippen LogP contribution in [0, 0.1) is 0 Å². The summed E-state index contributed by atoms with van der Waals surface area (Å²) in [5.74, 6) is -7.46. The Bertz CT molecular complexity index is 331. The van der Waals surface area contributed by atoms with Crippen LogP contribution in [0.25, 0.3) is 0 Å². The lowest BCUT2D eigenvalue weighted by Gasteiger charge is -2.28. The van der Waals surface area contributed by atoms with Crippen molar-refractivity contribution in [1.29, 1.82) is 0 Å². The molecule has 4 N–H and O–H groups in total. The number of carboxylic acids is 1. The van der Waals surface area contributed by atoms with E-state index < -0.39 is 36.0 Å². The van der Waals surface area contributed by atoms with Gasteiger partial charge in [0.15, 0.2) is 0 Å². The first kappa shape index (κ1) is 18.0. The Kier molecular flexibility index (Phi) is 7.17. The number of aliphatic hydroxyl groups excluding tert-OH is 1. The van der Waals surface area contributed by atoms with Crippen LogP contribution in [0.5, 0.6) is 0 Å². The second-order valence-electron chi connectivity index (χ2n) is 4.11. The number of hydrogen-bond donors (Lipinski definition) is 4. The largest absolute Gasteiger partial charge is 0.480 e. The van der Waals surface area contributed by atoms with Crippen molar-refractivity contribution in [3.8, 4) is 0 Å². The number of nitrogens with one attached hydrogen (secondary N) is 2. The van der Waals surface area contributed by atoms with Gasteiger partial charge in [-0.2, -0.15) is 8.78 Å². The highest BCUT2D eigenvalue weighted by atomic mass is 35.5. The number of carbonyl (C=O) groups excluding carboxylic acids is 1. The minimum absolute atomic E-state index is 0.127. The summed E-state index contributed by atoms with van der Waals surface area (Å²) in [4.78, 5) is 23.7. The first-order valence-corrected chi connectivity index (χ1v) is 6.02. The van der Waals surface area contributed by atoms with Crippen molar-refractivity contribution in [2.75, 3.05) is 0 Å². The SMILES string of the molecule is CCC[C@H](NCl)C(O)C(F)(F)C(=O)N[C@@H](C)C(=O)O. The zero-order valence-electron chi connectivity index (χ0n) is 10.5. The van der Waals surface area contributed by atoms with E-state index in [-0.39, 0.29) is 6.42 Å². The summed E-state index contributed by atoms with van der Waals surface area (Å²) < 4.78 is 27.3. The fraction of sp³-hybridized carbons (Fsp3) is 0.800. The summed E-state index contributed by atoms with van der Waals surface area (Å²) in [6.07, 6.45) is -1.77. The standard InChI is InChI=1S/C10H17ClF2N2O4/c1-3-4-6(15-11)7(16)10(12,13)9(19)14-5(2)8(17)18/h5-7,15-16H,3-4H2,1-2H3,(H,14,19)(H,17,18)/t5-,6-,7?/m0/s1. The maximum Gasteiger partial charge on any atom is 0.351 e. The van der Waals surface area contributed by atoms with E-state index in [4.69, 9.17) is 16.9 Å². The second-order valence-corrected chi connectivity index (χ2v) is 4.32. The molecule has 0 saturated heterocycles. The highest BCUT2D eigenvalue weighted by molar-refractivity contribution is 6.13. The molecule has 1 unspecified atom stereocenters. The van der Waals surface area contributed by atoms with Crippen molar-refractivity contribution in [1.82, 2.24) is 10.2 Å².